The monoisotopic (exact) mass is 789 g/mol. The smallest absolute Gasteiger partial charge is 0.164 e. The fourth-order valence-corrected chi connectivity index (χ4v) is 10.4. The zero-order valence-corrected chi connectivity index (χ0v) is 33.5. The standard InChI is InChI=1S/C58H35N3O/c1-3-16-36(17-4-1)38-20-13-21-40(34-38)56-59-55(37-18-5-2-6-19-37)60-57(61-56)46-27-15-31-52-53(46)47-35-39(32-33-51(47)62-52)41-25-14-26-45-44-24-9-12-30-50(44)58(54(41)45)48-28-10-7-22-42(48)43-23-8-11-29-49(43)58/h1-35H. The third-order valence-corrected chi connectivity index (χ3v) is 13.0. The zero-order valence-electron chi connectivity index (χ0n) is 33.5. The highest BCUT2D eigenvalue weighted by Gasteiger charge is 2.52. The van der Waals surface area contributed by atoms with Crippen LogP contribution in [0.5, 0.6) is 0 Å². The molecule has 0 amide bonds. The van der Waals surface area contributed by atoms with E-state index in [1.165, 1.54) is 50.1 Å². The van der Waals surface area contributed by atoms with Gasteiger partial charge in [0.2, 0.25) is 0 Å². The van der Waals surface area contributed by atoms with Crippen LogP contribution in [0.15, 0.2) is 217 Å². The van der Waals surface area contributed by atoms with Gasteiger partial charge in [-0.2, -0.15) is 0 Å². The molecule has 62 heavy (non-hydrogen) atoms. The second kappa shape index (κ2) is 13.4. The van der Waals surface area contributed by atoms with E-state index in [4.69, 9.17) is 19.4 Å². The fourth-order valence-electron chi connectivity index (χ4n) is 10.4. The third kappa shape index (κ3) is 4.98. The van der Waals surface area contributed by atoms with Crippen LogP contribution < -0.4 is 0 Å². The van der Waals surface area contributed by atoms with Crippen LogP contribution in [0.2, 0.25) is 0 Å². The molecule has 0 aliphatic heterocycles. The molecule has 0 atom stereocenters. The molecule has 0 saturated carbocycles. The lowest BCUT2D eigenvalue weighted by Gasteiger charge is -2.32. The molecule has 288 valence electrons. The number of hydrogen-bond acceptors (Lipinski definition) is 4. The molecule has 13 rings (SSSR count). The van der Waals surface area contributed by atoms with Gasteiger partial charge in [0.15, 0.2) is 17.5 Å². The first-order valence-electron chi connectivity index (χ1n) is 21.1. The maximum Gasteiger partial charge on any atom is 0.164 e. The van der Waals surface area contributed by atoms with Crippen LogP contribution in [0, 0.1) is 0 Å². The molecule has 2 aliphatic rings. The number of aromatic nitrogens is 3. The van der Waals surface area contributed by atoms with Crippen LogP contribution in [0.25, 0.3) is 101 Å². The predicted molar refractivity (Wildman–Crippen MR) is 251 cm³/mol. The summed E-state index contributed by atoms with van der Waals surface area (Å²) in [7, 11) is 0. The van der Waals surface area contributed by atoms with Gasteiger partial charge in [-0.15, -0.1) is 0 Å². The largest absolute Gasteiger partial charge is 0.456 e. The highest BCUT2D eigenvalue weighted by atomic mass is 16.3. The lowest BCUT2D eigenvalue weighted by molar-refractivity contribution is 0.669. The van der Waals surface area contributed by atoms with E-state index in [0.29, 0.717) is 17.5 Å². The number of furan rings is 1. The summed E-state index contributed by atoms with van der Waals surface area (Å²) in [5, 5.41) is 1.98. The van der Waals surface area contributed by atoms with Crippen LogP contribution in [0.4, 0.5) is 0 Å². The summed E-state index contributed by atoms with van der Waals surface area (Å²) in [6, 6.07) is 75.6. The van der Waals surface area contributed by atoms with Crippen molar-refractivity contribution in [2.75, 3.05) is 0 Å². The van der Waals surface area contributed by atoms with E-state index in [2.05, 4.69) is 164 Å². The Labute approximate surface area is 358 Å². The van der Waals surface area contributed by atoms with Crippen molar-refractivity contribution in [3.63, 3.8) is 0 Å². The maximum atomic E-state index is 6.66. The van der Waals surface area contributed by atoms with E-state index in [9.17, 15) is 0 Å². The van der Waals surface area contributed by atoms with Gasteiger partial charge >= 0.3 is 0 Å². The quantitative estimate of drug-likeness (QED) is 0.174. The van der Waals surface area contributed by atoms with Gasteiger partial charge in [-0.3, -0.25) is 0 Å². The highest BCUT2D eigenvalue weighted by molar-refractivity contribution is 6.13. The Morgan fingerprint density at radius 2 is 0.806 bits per heavy atom. The van der Waals surface area contributed by atoms with Gasteiger partial charge in [0, 0.05) is 27.5 Å². The summed E-state index contributed by atoms with van der Waals surface area (Å²) in [4.78, 5) is 15.5. The van der Waals surface area contributed by atoms with Crippen molar-refractivity contribution >= 4 is 21.9 Å². The van der Waals surface area contributed by atoms with Crippen molar-refractivity contribution in [1.29, 1.82) is 0 Å². The lowest BCUT2D eigenvalue weighted by Crippen LogP contribution is -2.26. The molecular weight excluding hydrogens is 755 g/mol. The Morgan fingerprint density at radius 3 is 1.52 bits per heavy atom. The topological polar surface area (TPSA) is 51.8 Å². The second-order valence-corrected chi connectivity index (χ2v) is 16.2. The normalized spacial score (nSPS) is 13.0. The van der Waals surface area contributed by atoms with Gasteiger partial charge in [0.1, 0.15) is 11.2 Å². The highest BCUT2D eigenvalue weighted by Crippen LogP contribution is 2.64. The van der Waals surface area contributed by atoms with Crippen molar-refractivity contribution in [1.82, 2.24) is 15.0 Å². The summed E-state index contributed by atoms with van der Waals surface area (Å²) < 4.78 is 6.66. The van der Waals surface area contributed by atoms with Gasteiger partial charge in [-0.05, 0) is 91.0 Å². The van der Waals surface area contributed by atoms with Gasteiger partial charge in [0.05, 0.1) is 5.41 Å². The Bertz CT molecular complexity index is 3530. The Hall–Kier alpha value is -8.21. The molecule has 2 aromatic heterocycles. The lowest BCUT2D eigenvalue weighted by atomic mass is 9.68. The fraction of sp³-hybridized carbons (Fsp3) is 0.0172. The summed E-state index contributed by atoms with van der Waals surface area (Å²) in [5.41, 5.74) is 18.8. The number of fused-ring (bicyclic) bond motifs is 13. The van der Waals surface area contributed by atoms with Crippen molar-refractivity contribution in [2.45, 2.75) is 5.41 Å². The molecular formula is C58H35N3O. The molecule has 2 aliphatic carbocycles. The van der Waals surface area contributed by atoms with Crippen LogP contribution in [-0.2, 0) is 5.41 Å². The maximum absolute atomic E-state index is 6.66. The molecule has 4 nitrogen and oxygen atoms in total. The Balaban J connectivity index is 1.03. The van der Waals surface area contributed by atoms with Gasteiger partial charge in [0.25, 0.3) is 0 Å². The minimum atomic E-state index is -0.471. The summed E-state index contributed by atoms with van der Waals surface area (Å²) >= 11 is 0. The first-order chi connectivity index (χ1) is 30.7. The third-order valence-electron chi connectivity index (χ3n) is 13.0. The van der Waals surface area contributed by atoms with Crippen LogP contribution >= 0.6 is 0 Å². The van der Waals surface area contributed by atoms with Crippen LogP contribution in [0.1, 0.15) is 22.3 Å². The predicted octanol–water partition coefficient (Wildman–Crippen LogP) is 14.4. The van der Waals surface area contributed by atoms with Crippen LogP contribution in [-0.4, -0.2) is 15.0 Å². The first kappa shape index (κ1) is 34.6. The molecule has 11 aromatic rings. The second-order valence-electron chi connectivity index (χ2n) is 16.2. The first-order valence-corrected chi connectivity index (χ1v) is 21.1. The SMILES string of the molecule is c1ccc(-c2cccc(-c3nc(-c4ccccc4)nc(-c4cccc5oc6ccc(-c7cccc8c7C7(c9ccccc9-c9ccccc97)c7ccccc7-8)cc6c45)n3)c2)cc1. The zero-order chi connectivity index (χ0) is 40.8. The van der Waals surface area contributed by atoms with Crippen molar-refractivity contribution in [2.24, 2.45) is 0 Å². The van der Waals surface area contributed by atoms with Crippen molar-refractivity contribution in [3.05, 3.63) is 235 Å². The van der Waals surface area contributed by atoms with E-state index in [1.54, 1.807) is 0 Å². The average molecular weight is 790 g/mol. The van der Waals surface area contributed by atoms with E-state index in [1.807, 2.05) is 48.5 Å². The molecule has 9 aromatic carbocycles. The molecule has 1 spiro atoms. The Morgan fingerprint density at radius 1 is 0.306 bits per heavy atom. The molecule has 0 fully saturated rings. The average Bonchev–Trinajstić information content (AvgIpc) is 3.98. The molecule has 0 unspecified atom stereocenters. The molecule has 4 heteroatoms. The number of nitrogens with zero attached hydrogens (tertiary/aromatic N) is 3. The van der Waals surface area contributed by atoms with E-state index < -0.39 is 5.41 Å². The summed E-state index contributed by atoms with van der Waals surface area (Å²) in [6.45, 7) is 0. The number of rotatable bonds is 5. The summed E-state index contributed by atoms with van der Waals surface area (Å²) in [5.74, 6) is 1.81. The molecule has 0 N–H and O–H groups in total. The summed E-state index contributed by atoms with van der Waals surface area (Å²) in [6.07, 6.45) is 0. The Kier molecular flexibility index (Phi) is 7.49. The minimum absolute atomic E-state index is 0.471. The van der Waals surface area contributed by atoms with Gasteiger partial charge in [-0.1, -0.05) is 188 Å². The van der Waals surface area contributed by atoms with Gasteiger partial charge < -0.3 is 4.42 Å². The molecule has 0 saturated heterocycles. The number of benzene rings is 9. The van der Waals surface area contributed by atoms with Crippen molar-refractivity contribution < 1.29 is 4.42 Å². The molecule has 0 radical (unpaired) electrons. The van der Waals surface area contributed by atoms with E-state index in [-0.39, 0.29) is 0 Å². The minimum Gasteiger partial charge on any atom is -0.456 e. The van der Waals surface area contributed by atoms with Gasteiger partial charge in [-0.25, -0.2) is 15.0 Å². The molecule has 2 heterocycles. The van der Waals surface area contributed by atoms with Crippen molar-refractivity contribution in [3.8, 4) is 78.7 Å². The number of hydrogen-bond donors (Lipinski definition) is 0. The molecule has 0 bridgehead atoms. The van der Waals surface area contributed by atoms with Crippen LogP contribution in [0.3, 0.4) is 0 Å². The van der Waals surface area contributed by atoms with E-state index in [0.717, 1.165) is 55.3 Å². The van der Waals surface area contributed by atoms with E-state index >= 15 is 0 Å².